The van der Waals surface area contributed by atoms with Crippen LogP contribution >= 0.6 is 0 Å². The minimum absolute atomic E-state index is 0.301. The Bertz CT molecular complexity index is 308. The van der Waals surface area contributed by atoms with Gasteiger partial charge in [-0.05, 0) is 19.9 Å². The third-order valence-corrected chi connectivity index (χ3v) is 2.12. The molecular weight excluding hydrogens is 150 g/mol. The van der Waals surface area contributed by atoms with Crippen molar-refractivity contribution in [1.82, 2.24) is 0 Å². The summed E-state index contributed by atoms with van der Waals surface area (Å²) in [6.07, 6.45) is 10.4. The van der Waals surface area contributed by atoms with Crippen molar-refractivity contribution in [2.75, 3.05) is 0 Å². The van der Waals surface area contributed by atoms with E-state index in [1.807, 2.05) is 23.3 Å². The predicted octanol–water partition coefficient (Wildman–Crippen LogP) is 1.32. The zero-order chi connectivity index (χ0) is 8.55. The summed E-state index contributed by atoms with van der Waals surface area (Å²) in [6.45, 7) is 4.34. The molecule has 2 aliphatic rings. The van der Waals surface area contributed by atoms with Gasteiger partial charge in [0.05, 0.1) is 6.04 Å². The highest BCUT2D eigenvalue weighted by Gasteiger charge is 2.37. The maximum atomic E-state index is 4.26. The Morgan fingerprint density at radius 2 is 2.17 bits per heavy atom. The van der Waals surface area contributed by atoms with E-state index in [9.17, 15) is 0 Å². The molecule has 0 N–H and O–H groups in total. The van der Waals surface area contributed by atoms with Gasteiger partial charge >= 0.3 is 12.5 Å². The average molecular weight is 163 g/mol. The molecule has 12 heavy (non-hydrogen) atoms. The van der Waals surface area contributed by atoms with Gasteiger partial charge in [-0.15, -0.1) is 0 Å². The molecule has 3 nitrogen and oxygen atoms in total. The number of hydrogen-bond acceptors (Lipinski definition) is 1. The Labute approximate surface area is 72.0 Å². The molecule has 0 spiro atoms. The molecule has 0 bridgehead atoms. The van der Waals surface area contributed by atoms with Gasteiger partial charge in [0.2, 0.25) is 11.3 Å². The monoisotopic (exact) mass is 163 g/mol. The van der Waals surface area contributed by atoms with Crippen molar-refractivity contribution in [2.24, 2.45) is 5.11 Å². The Morgan fingerprint density at radius 3 is 2.92 bits per heavy atom. The average Bonchev–Trinajstić information content (AvgIpc) is 2.47. The Balaban J connectivity index is 2.27. The highest BCUT2D eigenvalue weighted by Crippen LogP contribution is 2.11. The number of azo groups is 2. The lowest BCUT2D eigenvalue weighted by atomic mass is 10.3. The summed E-state index contributed by atoms with van der Waals surface area (Å²) in [7, 11) is 0. The molecule has 0 aliphatic carbocycles. The van der Waals surface area contributed by atoms with Crippen LogP contribution in [0.15, 0.2) is 29.5 Å². The highest BCUT2D eigenvalue weighted by atomic mass is 15.4. The predicted molar refractivity (Wildman–Crippen MR) is 46.2 cm³/mol. The van der Waals surface area contributed by atoms with E-state index in [0.29, 0.717) is 12.2 Å². The lowest BCUT2D eigenvalue weighted by Crippen LogP contribution is -2.33. The lowest BCUT2D eigenvalue weighted by molar-refractivity contribution is -0.752. The third-order valence-electron chi connectivity index (χ3n) is 2.12. The van der Waals surface area contributed by atoms with Crippen molar-refractivity contribution in [3.8, 4) is 0 Å². The van der Waals surface area contributed by atoms with Gasteiger partial charge in [0, 0.05) is 16.8 Å². The second-order valence-corrected chi connectivity index (χ2v) is 3.29. The molecule has 2 aliphatic heterocycles. The number of nitrogens with zero attached hydrogens (tertiary/aromatic N) is 3. The Morgan fingerprint density at radius 1 is 1.33 bits per heavy atom. The van der Waals surface area contributed by atoms with E-state index >= 15 is 0 Å². The largest absolute Gasteiger partial charge is 0.361 e. The molecule has 0 saturated heterocycles. The lowest BCUT2D eigenvalue weighted by Gasteiger charge is -2.07. The molecule has 62 valence electrons. The van der Waals surface area contributed by atoms with Crippen molar-refractivity contribution in [3.05, 3.63) is 24.4 Å². The molecule has 0 radical (unpaired) electrons. The van der Waals surface area contributed by atoms with Gasteiger partial charge in [-0.2, -0.15) is 4.58 Å². The topological polar surface area (TPSA) is 18.4 Å². The molecule has 1 atom stereocenters. The van der Waals surface area contributed by atoms with Crippen molar-refractivity contribution in [3.63, 3.8) is 0 Å². The van der Waals surface area contributed by atoms with Crippen LogP contribution in [0.1, 0.15) is 13.8 Å². The van der Waals surface area contributed by atoms with Crippen molar-refractivity contribution in [1.29, 1.82) is 0 Å². The Kier molecular flexibility index (Phi) is 1.64. The minimum atomic E-state index is 0.301. The smallest absolute Gasteiger partial charge is 0.190 e. The molecule has 1 unspecified atom stereocenters. The van der Waals surface area contributed by atoms with E-state index in [4.69, 9.17) is 0 Å². The first-order valence-corrected chi connectivity index (χ1v) is 4.24. The summed E-state index contributed by atoms with van der Waals surface area (Å²) < 4.78 is 4.18. The number of fused-ring (bicyclic) bond motifs is 1. The molecule has 0 amide bonds. The fourth-order valence-electron chi connectivity index (χ4n) is 1.45. The standard InChI is InChI=1S/C9H13N3/c1-8(2)11-7-10-12-6-4-3-5-9(11)12/h3-9H,1-2H3/q+2. The van der Waals surface area contributed by atoms with E-state index in [0.717, 1.165) is 0 Å². The van der Waals surface area contributed by atoms with Crippen LogP contribution < -0.4 is 0 Å². The molecule has 0 saturated carbocycles. The second kappa shape index (κ2) is 2.66. The van der Waals surface area contributed by atoms with Crippen LogP contribution in [0, 0.1) is 0 Å². The fraction of sp³-hybridized carbons (Fsp3) is 0.444. The first kappa shape index (κ1) is 7.40. The van der Waals surface area contributed by atoms with E-state index in [2.05, 4.69) is 35.7 Å². The second-order valence-electron chi connectivity index (χ2n) is 3.29. The molecular formula is C9H13N3+2. The molecule has 0 aromatic heterocycles. The van der Waals surface area contributed by atoms with Gasteiger partial charge in [0.1, 0.15) is 0 Å². The summed E-state index contributed by atoms with van der Waals surface area (Å²) >= 11 is 0. The SMILES string of the molecule is CC(C)[N+]1=CN=[N+]2C=CC=CC12. The van der Waals surface area contributed by atoms with Gasteiger partial charge in [0.25, 0.3) is 0 Å². The number of allylic oxidation sites excluding steroid dienone is 2. The fourth-order valence-corrected chi connectivity index (χ4v) is 1.45. The van der Waals surface area contributed by atoms with Gasteiger partial charge in [0.15, 0.2) is 0 Å². The van der Waals surface area contributed by atoms with Gasteiger partial charge < -0.3 is 0 Å². The first-order chi connectivity index (χ1) is 5.79. The third kappa shape index (κ3) is 1.02. The normalized spacial score (nSPS) is 25.8. The summed E-state index contributed by atoms with van der Waals surface area (Å²) in [5.41, 5.74) is 0. The number of rotatable bonds is 1. The van der Waals surface area contributed by atoms with Crippen LogP contribution in [-0.4, -0.2) is 27.8 Å². The van der Waals surface area contributed by atoms with Gasteiger partial charge in [-0.25, -0.2) is 0 Å². The van der Waals surface area contributed by atoms with Crippen LogP contribution in [0.2, 0.25) is 0 Å². The van der Waals surface area contributed by atoms with E-state index in [1.165, 1.54) is 0 Å². The summed E-state index contributed by atoms with van der Waals surface area (Å²) in [5.74, 6) is 0. The van der Waals surface area contributed by atoms with Crippen LogP contribution in [0.5, 0.6) is 0 Å². The quantitative estimate of drug-likeness (QED) is 0.519. The molecule has 0 aromatic rings. The number of hydrogen-bond donors (Lipinski definition) is 0. The molecule has 0 aromatic carbocycles. The maximum absolute atomic E-state index is 4.26. The van der Waals surface area contributed by atoms with Gasteiger partial charge in [-0.3, -0.25) is 0 Å². The molecule has 2 heterocycles. The van der Waals surface area contributed by atoms with E-state index in [-0.39, 0.29) is 0 Å². The summed E-state index contributed by atoms with van der Waals surface area (Å²) in [6, 6.07) is 0.500. The van der Waals surface area contributed by atoms with Crippen LogP contribution in [0.25, 0.3) is 0 Å². The zero-order valence-electron chi connectivity index (χ0n) is 7.38. The van der Waals surface area contributed by atoms with E-state index < -0.39 is 0 Å². The van der Waals surface area contributed by atoms with Gasteiger partial charge in [-0.1, -0.05) is 0 Å². The van der Waals surface area contributed by atoms with Crippen LogP contribution in [0.3, 0.4) is 0 Å². The van der Waals surface area contributed by atoms with Crippen molar-refractivity contribution < 1.29 is 9.27 Å². The first-order valence-electron chi connectivity index (χ1n) is 4.24. The van der Waals surface area contributed by atoms with Crippen LogP contribution in [0.4, 0.5) is 0 Å². The minimum Gasteiger partial charge on any atom is -0.190 e. The summed E-state index contributed by atoms with van der Waals surface area (Å²) in [5, 5.41) is 4.26. The maximum Gasteiger partial charge on any atom is 0.361 e. The molecule has 3 heteroatoms. The molecule has 2 rings (SSSR count). The zero-order valence-corrected chi connectivity index (χ0v) is 7.38. The van der Waals surface area contributed by atoms with Crippen molar-refractivity contribution in [2.45, 2.75) is 26.1 Å². The van der Waals surface area contributed by atoms with Crippen LogP contribution in [-0.2, 0) is 0 Å². The Hall–Kier alpha value is -1.25. The highest BCUT2D eigenvalue weighted by molar-refractivity contribution is 5.48. The molecule has 0 fully saturated rings. The summed E-state index contributed by atoms with van der Waals surface area (Å²) in [4.78, 5) is 0. The van der Waals surface area contributed by atoms with E-state index in [1.54, 1.807) is 0 Å². The van der Waals surface area contributed by atoms with Crippen molar-refractivity contribution >= 4 is 6.34 Å².